The van der Waals surface area contributed by atoms with Crippen molar-refractivity contribution in [2.75, 3.05) is 26.2 Å². The predicted molar refractivity (Wildman–Crippen MR) is 117 cm³/mol. The molecule has 1 fully saturated rings. The lowest BCUT2D eigenvalue weighted by atomic mass is 10.1. The molecule has 7 nitrogen and oxygen atoms in total. The van der Waals surface area contributed by atoms with Crippen LogP contribution >= 0.6 is 11.3 Å². The van der Waals surface area contributed by atoms with Crippen LogP contribution in [0.15, 0.2) is 29.2 Å². The number of nitrogens with zero attached hydrogens (tertiary/aromatic N) is 3. The van der Waals surface area contributed by atoms with Crippen molar-refractivity contribution in [1.82, 2.24) is 14.2 Å². The molecule has 0 radical (unpaired) electrons. The Morgan fingerprint density at radius 2 is 1.70 bits per heavy atom. The SMILES string of the molecule is CC(=O)c1ccc(S(=O)(=O)N2CCN(C(=O)c3sc(CC(C)C)nc3C)CC2)cc1. The fourth-order valence-corrected chi connectivity index (χ4v) is 6.04. The van der Waals surface area contributed by atoms with Gasteiger partial charge in [0.15, 0.2) is 5.78 Å². The van der Waals surface area contributed by atoms with Crippen molar-refractivity contribution in [3.63, 3.8) is 0 Å². The summed E-state index contributed by atoms with van der Waals surface area (Å²) in [4.78, 5) is 31.4. The first kappa shape index (κ1) is 22.6. The maximum atomic E-state index is 12.9. The van der Waals surface area contributed by atoms with E-state index < -0.39 is 10.0 Å². The summed E-state index contributed by atoms with van der Waals surface area (Å²) in [6.45, 7) is 8.66. The number of amides is 1. The van der Waals surface area contributed by atoms with E-state index in [1.165, 1.54) is 46.8 Å². The van der Waals surface area contributed by atoms with E-state index in [1.54, 1.807) is 4.90 Å². The molecule has 162 valence electrons. The Kier molecular flexibility index (Phi) is 6.74. The standard InChI is InChI=1S/C21H27N3O4S2/c1-14(2)13-19-22-15(3)20(29-19)21(26)23-9-11-24(12-10-23)30(27,28)18-7-5-17(6-8-18)16(4)25/h5-8,14H,9-13H2,1-4H3. The minimum absolute atomic E-state index is 0.0807. The Labute approximate surface area is 181 Å². The quantitative estimate of drug-likeness (QED) is 0.633. The van der Waals surface area contributed by atoms with Crippen molar-refractivity contribution in [3.8, 4) is 0 Å². The molecule has 30 heavy (non-hydrogen) atoms. The predicted octanol–water partition coefficient (Wildman–Crippen LogP) is 3.00. The molecule has 0 bridgehead atoms. The number of piperazine rings is 1. The summed E-state index contributed by atoms with van der Waals surface area (Å²) < 4.78 is 27.2. The Balaban J connectivity index is 1.67. The van der Waals surface area contributed by atoms with Gasteiger partial charge in [0.2, 0.25) is 10.0 Å². The van der Waals surface area contributed by atoms with Gasteiger partial charge in [-0.3, -0.25) is 9.59 Å². The first-order valence-electron chi connectivity index (χ1n) is 9.96. The second-order valence-electron chi connectivity index (χ2n) is 7.90. The van der Waals surface area contributed by atoms with E-state index in [0.717, 1.165) is 17.1 Å². The van der Waals surface area contributed by atoms with Crippen LogP contribution in [0.5, 0.6) is 0 Å². The van der Waals surface area contributed by atoms with Gasteiger partial charge in [0.05, 0.1) is 15.6 Å². The highest BCUT2D eigenvalue weighted by molar-refractivity contribution is 7.89. The van der Waals surface area contributed by atoms with Crippen molar-refractivity contribution in [3.05, 3.63) is 45.4 Å². The molecule has 1 amide bonds. The van der Waals surface area contributed by atoms with Crippen LogP contribution in [0.1, 0.15) is 51.5 Å². The molecular weight excluding hydrogens is 422 g/mol. The number of aryl methyl sites for hydroxylation is 1. The molecule has 1 saturated heterocycles. The number of sulfonamides is 1. The Bertz CT molecular complexity index is 1030. The van der Waals surface area contributed by atoms with Crippen LogP contribution in [0.3, 0.4) is 0 Å². The average Bonchev–Trinajstić information content (AvgIpc) is 3.06. The molecule has 0 unspecified atom stereocenters. The van der Waals surface area contributed by atoms with E-state index in [2.05, 4.69) is 18.8 Å². The van der Waals surface area contributed by atoms with E-state index in [9.17, 15) is 18.0 Å². The van der Waals surface area contributed by atoms with Crippen LogP contribution in [-0.4, -0.2) is 60.5 Å². The molecule has 1 aromatic carbocycles. The van der Waals surface area contributed by atoms with Crippen molar-refractivity contribution >= 4 is 33.1 Å². The minimum Gasteiger partial charge on any atom is -0.335 e. The summed E-state index contributed by atoms with van der Waals surface area (Å²) in [7, 11) is -3.66. The zero-order valence-electron chi connectivity index (χ0n) is 17.7. The maximum absolute atomic E-state index is 12.9. The molecule has 1 aromatic heterocycles. The average molecular weight is 450 g/mol. The lowest BCUT2D eigenvalue weighted by molar-refractivity contribution is 0.0701. The van der Waals surface area contributed by atoms with Gasteiger partial charge in [0.25, 0.3) is 5.91 Å². The van der Waals surface area contributed by atoms with Crippen LogP contribution in [0.2, 0.25) is 0 Å². The number of aromatic nitrogens is 1. The van der Waals surface area contributed by atoms with Crippen molar-refractivity contribution in [2.45, 2.75) is 39.0 Å². The molecule has 0 aliphatic carbocycles. The summed E-state index contributed by atoms with van der Waals surface area (Å²) in [5, 5.41) is 0.959. The van der Waals surface area contributed by atoms with Crippen LogP contribution < -0.4 is 0 Å². The first-order valence-corrected chi connectivity index (χ1v) is 12.2. The van der Waals surface area contributed by atoms with Gasteiger partial charge in [-0.05, 0) is 31.9 Å². The molecule has 3 rings (SSSR count). The summed E-state index contributed by atoms with van der Waals surface area (Å²) >= 11 is 1.43. The van der Waals surface area contributed by atoms with Crippen molar-refractivity contribution in [1.29, 1.82) is 0 Å². The number of hydrogen-bond acceptors (Lipinski definition) is 6. The smallest absolute Gasteiger partial charge is 0.265 e. The topological polar surface area (TPSA) is 87.7 Å². The Hall–Kier alpha value is -2.10. The van der Waals surface area contributed by atoms with E-state index in [1.807, 2.05) is 6.92 Å². The molecule has 9 heteroatoms. The van der Waals surface area contributed by atoms with Gasteiger partial charge >= 0.3 is 0 Å². The zero-order chi connectivity index (χ0) is 22.1. The van der Waals surface area contributed by atoms with E-state index in [0.29, 0.717) is 29.4 Å². The molecule has 2 heterocycles. The highest BCUT2D eigenvalue weighted by atomic mass is 32.2. The number of benzene rings is 1. The third-order valence-electron chi connectivity index (χ3n) is 5.04. The molecule has 0 N–H and O–H groups in total. The van der Waals surface area contributed by atoms with Gasteiger partial charge in [-0.1, -0.05) is 26.0 Å². The monoisotopic (exact) mass is 449 g/mol. The number of thiazole rings is 1. The summed E-state index contributed by atoms with van der Waals surface area (Å²) in [6, 6.07) is 5.97. The lowest BCUT2D eigenvalue weighted by Gasteiger charge is -2.33. The van der Waals surface area contributed by atoms with E-state index in [-0.39, 0.29) is 29.7 Å². The van der Waals surface area contributed by atoms with Gasteiger partial charge < -0.3 is 4.90 Å². The lowest BCUT2D eigenvalue weighted by Crippen LogP contribution is -2.50. The van der Waals surface area contributed by atoms with Gasteiger partial charge in [0.1, 0.15) is 4.88 Å². The number of ketones is 1. The summed E-state index contributed by atoms with van der Waals surface area (Å²) in [5.41, 5.74) is 1.21. The number of carbonyl (C=O) groups excluding carboxylic acids is 2. The third-order valence-corrected chi connectivity index (χ3v) is 8.12. The third kappa shape index (κ3) is 4.79. The van der Waals surface area contributed by atoms with Crippen LogP contribution in [0, 0.1) is 12.8 Å². The number of rotatable bonds is 6. The molecule has 0 saturated carbocycles. The van der Waals surface area contributed by atoms with Crippen molar-refractivity contribution < 1.29 is 18.0 Å². The fraction of sp³-hybridized carbons (Fsp3) is 0.476. The highest BCUT2D eigenvalue weighted by Crippen LogP contribution is 2.24. The second kappa shape index (κ2) is 8.95. The Morgan fingerprint density at radius 1 is 1.10 bits per heavy atom. The highest BCUT2D eigenvalue weighted by Gasteiger charge is 2.31. The van der Waals surface area contributed by atoms with Gasteiger partial charge in [-0.15, -0.1) is 11.3 Å². The number of carbonyl (C=O) groups is 2. The normalized spacial score (nSPS) is 15.6. The van der Waals surface area contributed by atoms with Gasteiger partial charge in [-0.2, -0.15) is 4.31 Å². The molecule has 2 aromatic rings. The first-order chi connectivity index (χ1) is 14.1. The van der Waals surface area contributed by atoms with Crippen molar-refractivity contribution in [2.24, 2.45) is 5.92 Å². The summed E-state index contributed by atoms with van der Waals surface area (Å²) in [5.74, 6) is 0.278. The van der Waals surface area contributed by atoms with E-state index in [4.69, 9.17) is 0 Å². The minimum atomic E-state index is -3.66. The second-order valence-corrected chi connectivity index (χ2v) is 10.9. The molecule has 1 aliphatic rings. The van der Waals surface area contributed by atoms with Gasteiger partial charge in [-0.25, -0.2) is 13.4 Å². The van der Waals surface area contributed by atoms with E-state index >= 15 is 0 Å². The molecule has 0 spiro atoms. The largest absolute Gasteiger partial charge is 0.335 e. The Morgan fingerprint density at radius 3 is 2.23 bits per heavy atom. The maximum Gasteiger partial charge on any atom is 0.265 e. The fourth-order valence-electron chi connectivity index (χ4n) is 3.37. The van der Waals surface area contributed by atoms with Crippen LogP contribution in [-0.2, 0) is 16.4 Å². The van der Waals surface area contributed by atoms with Crippen LogP contribution in [0.4, 0.5) is 0 Å². The number of hydrogen-bond donors (Lipinski definition) is 0. The molecule has 0 atom stereocenters. The summed E-state index contributed by atoms with van der Waals surface area (Å²) in [6.07, 6.45) is 0.841. The molecular formula is C21H27N3O4S2. The van der Waals surface area contributed by atoms with Gasteiger partial charge in [0, 0.05) is 38.2 Å². The van der Waals surface area contributed by atoms with Crippen LogP contribution in [0.25, 0.3) is 0 Å². The molecule has 1 aliphatic heterocycles. The number of Topliss-reactive ketones (excluding diaryl/α,β-unsaturated/α-hetero) is 1. The zero-order valence-corrected chi connectivity index (χ0v) is 19.3.